The lowest BCUT2D eigenvalue weighted by Crippen LogP contribution is -2.35. The Bertz CT molecular complexity index is 1120. The minimum Gasteiger partial charge on any atom is -0.478 e. The van der Waals surface area contributed by atoms with E-state index in [0.717, 1.165) is 34.5 Å². The predicted molar refractivity (Wildman–Crippen MR) is 122 cm³/mol. The van der Waals surface area contributed by atoms with Gasteiger partial charge in [-0.15, -0.1) is 0 Å². The van der Waals surface area contributed by atoms with Crippen molar-refractivity contribution in [1.29, 1.82) is 0 Å². The number of hydrogen-bond donors (Lipinski definition) is 3. The summed E-state index contributed by atoms with van der Waals surface area (Å²) >= 11 is 0. The van der Waals surface area contributed by atoms with Gasteiger partial charge in [-0.05, 0) is 58.9 Å². The van der Waals surface area contributed by atoms with Crippen molar-refractivity contribution >= 4 is 23.3 Å². The van der Waals surface area contributed by atoms with Gasteiger partial charge in [-0.1, -0.05) is 56.3 Å². The third-order valence-electron chi connectivity index (χ3n) is 5.79. The van der Waals surface area contributed by atoms with Crippen LogP contribution in [0.4, 0.5) is 11.4 Å². The van der Waals surface area contributed by atoms with Gasteiger partial charge in [0.25, 0.3) is 0 Å². The molecule has 0 aliphatic carbocycles. The van der Waals surface area contributed by atoms with Gasteiger partial charge in [0.1, 0.15) is 0 Å². The zero-order valence-corrected chi connectivity index (χ0v) is 17.7. The number of hydrogen-bond acceptors (Lipinski definition) is 3. The Hall–Kier alpha value is -3.60. The minimum atomic E-state index is -0.915. The van der Waals surface area contributed by atoms with Crippen LogP contribution in [0.3, 0.4) is 0 Å². The van der Waals surface area contributed by atoms with Crippen LogP contribution in [0.5, 0.6) is 0 Å². The molecule has 1 unspecified atom stereocenters. The van der Waals surface area contributed by atoms with Crippen molar-refractivity contribution in [3.63, 3.8) is 0 Å². The molecule has 0 bridgehead atoms. The van der Waals surface area contributed by atoms with E-state index in [-0.39, 0.29) is 17.4 Å². The smallest absolute Gasteiger partial charge is 0.335 e. The van der Waals surface area contributed by atoms with Gasteiger partial charge in [0.05, 0.1) is 18.0 Å². The molecule has 158 valence electrons. The fourth-order valence-corrected chi connectivity index (χ4v) is 4.27. The van der Waals surface area contributed by atoms with E-state index in [0.29, 0.717) is 12.0 Å². The van der Waals surface area contributed by atoms with Gasteiger partial charge < -0.3 is 15.7 Å². The Labute approximate surface area is 182 Å². The second kappa shape index (κ2) is 8.26. The lowest BCUT2D eigenvalue weighted by Gasteiger charge is -2.41. The van der Waals surface area contributed by atoms with E-state index in [1.807, 2.05) is 54.6 Å². The number of nitrogens with one attached hydrogen (secondary N) is 2. The lowest BCUT2D eigenvalue weighted by molar-refractivity contribution is -0.115. The molecule has 3 aromatic rings. The van der Waals surface area contributed by atoms with E-state index in [9.17, 15) is 14.7 Å². The second-order valence-electron chi connectivity index (χ2n) is 8.76. The van der Waals surface area contributed by atoms with Crippen molar-refractivity contribution in [2.45, 2.75) is 32.7 Å². The molecule has 1 heterocycles. The fraction of sp³-hybridized carbons (Fsp3) is 0.231. The molecule has 4 rings (SSSR count). The molecule has 1 atom stereocenters. The van der Waals surface area contributed by atoms with E-state index >= 15 is 0 Å². The van der Waals surface area contributed by atoms with Gasteiger partial charge in [-0.2, -0.15) is 0 Å². The molecule has 0 spiro atoms. The standard InChI is InChI=1S/C26H26N2O3/c1-26(2)16-20-14-19(25(30)31)11-12-22(20)28-24(26)18-9-6-10-21(15-18)27-23(29)13-17-7-4-3-5-8-17/h3-12,14-15,24,28H,13,16H2,1-2H3,(H,27,29)(H,30,31). The summed E-state index contributed by atoms with van der Waals surface area (Å²) < 4.78 is 0. The molecular weight excluding hydrogens is 388 g/mol. The average molecular weight is 415 g/mol. The van der Waals surface area contributed by atoms with Crippen molar-refractivity contribution < 1.29 is 14.7 Å². The number of benzene rings is 3. The third-order valence-corrected chi connectivity index (χ3v) is 5.79. The van der Waals surface area contributed by atoms with Crippen molar-refractivity contribution in [1.82, 2.24) is 0 Å². The fourth-order valence-electron chi connectivity index (χ4n) is 4.27. The van der Waals surface area contributed by atoms with E-state index in [4.69, 9.17) is 0 Å². The van der Waals surface area contributed by atoms with E-state index < -0.39 is 5.97 Å². The van der Waals surface area contributed by atoms with Crippen molar-refractivity contribution in [3.8, 4) is 0 Å². The summed E-state index contributed by atoms with van der Waals surface area (Å²) in [5.41, 5.74) is 4.94. The number of carbonyl (C=O) groups excluding carboxylic acids is 1. The highest BCUT2D eigenvalue weighted by atomic mass is 16.4. The largest absolute Gasteiger partial charge is 0.478 e. The first-order valence-electron chi connectivity index (χ1n) is 10.4. The second-order valence-corrected chi connectivity index (χ2v) is 8.76. The van der Waals surface area contributed by atoms with Crippen LogP contribution in [-0.2, 0) is 17.6 Å². The predicted octanol–water partition coefficient (Wildman–Crippen LogP) is 5.30. The van der Waals surface area contributed by atoms with Crippen LogP contribution in [0.2, 0.25) is 0 Å². The number of anilines is 2. The SMILES string of the molecule is CC1(C)Cc2cc(C(=O)O)ccc2NC1c1cccc(NC(=O)Cc2ccccc2)c1. The summed E-state index contributed by atoms with van der Waals surface area (Å²) in [5, 5.41) is 15.9. The minimum absolute atomic E-state index is 0.0293. The molecular formula is C26H26N2O3. The number of amides is 1. The Morgan fingerprint density at radius 2 is 1.81 bits per heavy atom. The summed E-state index contributed by atoms with van der Waals surface area (Å²) in [4.78, 5) is 23.8. The topological polar surface area (TPSA) is 78.4 Å². The van der Waals surface area contributed by atoms with Crippen LogP contribution in [0.15, 0.2) is 72.8 Å². The molecule has 5 heteroatoms. The van der Waals surface area contributed by atoms with Crippen LogP contribution >= 0.6 is 0 Å². The van der Waals surface area contributed by atoms with Crippen molar-refractivity contribution in [2.75, 3.05) is 10.6 Å². The average Bonchev–Trinajstić information content (AvgIpc) is 2.73. The maximum Gasteiger partial charge on any atom is 0.335 e. The van der Waals surface area contributed by atoms with Crippen LogP contribution < -0.4 is 10.6 Å². The Balaban J connectivity index is 1.54. The van der Waals surface area contributed by atoms with Crippen molar-refractivity contribution in [3.05, 3.63) is 95.1 Å². The van der Waals surface area contributed by atoms with Gasteiger partial charge in [-0.3, -0.25) is 4.79 Å². The van der Waals surface area contributed by atoms with E-state index in [1.54, 1.807) is 12.1 Å². The normalized spacial score (nSPS) is 16.6. The summed E-state index contributed by atoms with van der Waals surface area (Å²) in [6, 6.07) is 22.8. The summed E-state index contributed by atoms with van der Waals surface area (Å²) in [6.45, 7) is 4.34. The number of aromatic carboxylic acids is 1. The van der Waals surface area contributed by atoms with Gasteiger partial charge in [0.2, 0.25) is 5.91 Å². The summed E-state index contributed by atoms with van der Waals surface area (Å²) in [7, 11) is 0. The molecule has 0 saturated heterocycles. The maximum absolute atomic E-state index is 12.5. The van der Waals surface area contributed by atoms with Gasteiger partial charge in [0.15, 0.2) is 0 Å². The molecule has 3 aromatic carbocycles. The summed E-state index contributed by atoms with van der Waals surface area (Å²) in [6.07, 6.45) is 1.09. The number of rotatable bonds is 5. The third kappa shape index (κ3) is 4.61. The highest BCUT2D eigenvalue weighted by molar-refractivity contribution is 5.92. The van der Waals surface area contributed by atoms with Crippen LogP contribution in [0.1, 0.15) is 46.9 Å². The molecule has 0 saturated carbocycles. The van der Waals surface area contributed by atoms with E-state index in [2.05, 4.69) is 30.5 Å². The molecule has 5 nitrogen and oxygen atoms in total. The molecule has 1 aliphatic rings. The first-order chi connectivity index (χ1) is 14.8. The van der Waals surface area contributed by atoms with Gasteiger partial charge in [0, 0.05) is 11.4 Å². The number of carbonyl (C=O) groups is 2. The Morgan fingerprint density at radius 1 is 1.03 bits per heavy atom. The molecule has 0 radical (unpaired) electrons. The Kier molecular flexibility index (Phi) is 5.51. The maximum atomic E-state index is 12.5. The van der Waals surface area contributed by atoms with Crippen LogP contribution in [0.25, 0.3) is 0 Å². The van der Waals surface area contributed by atoms with E-state index in [1.165, 1.54) is 0 Å². The first kappa shape index (κ1) is 20.7. The quantitative estimate of drug-likeness (QED) is 0.529. The highest BCUT2D eigenvalue weighted by Crippen LogP contribution is 2.45. The zero-order valence-electron chi connectivity index (χ0n) is 17.7. The number of fused-ring (bicyclic) bond motifs is 1. The monoisotopic (exact) mass is 414 g/mol. The lowest BCUT2D eigenvalue weighted by atomic mass is 9.72. The van der Waals surface area contributed by atoms with Crippen LogP contribution in [0, 0.1) is 5.41 Å². The molecule has 1 amide bonds. The Morgan fingerprint density at radius 3 is 2.55 bits per heavy atom. The molecule has 0 aromatic heterocycles. The number of carboxylic acid groups (broad SMARTS) is 1. The summed E-state index contributed by atoms with van der Waals surface area (Å²) in [5.74, 6) is -0.965. The molecule has 0 fully saturated rings. The zero-order chi connectivity index (χ0) is 22.0. The van der Waals surface area contributed by atoms with Gasteiger partial charge >= 0.3 is 5.97 Å². The van der Waals surface area contributed by atoms with Crippen molar-refractivity contribution in [2.24, 2.45) is 5.41 Å². The first-order valence-corrected chi connectivity index (χ1v) is 10.4. The van der Waals surface area contributed by atoms with Gasteiger partial charge in [-0.25, -0.2) is 4.79 Å². The molecule has 1 aliphatic heterocycles. The highest BCUT2D eigenvalue weighted by Gasteiger charge is 2.36. The molecule has 31 heavy (non-hydrogen) atoms. The van der Waals surface area contributed by atoms with Crippen LogP contribution in [-0.4, -0.2) is 17.0 Å². The molecule has 3 N–H and O–H groups in total. The number of carboxylic acids is 1.